The lowest BCUT2D eigenvalue weighted by Crippen LogP contribution is -2.53. The topological polar surface area (TPSA) is 66.6 Å². The van der Waals surface area contributed by atoms with Crippen LogP contribution in [0.25, 0.3) is 0 Å². The van der Waals surface area contributed by atoms with E-state index in [1.54, 1.807) is 9.80 Å². The third kappa shape index (κ3) is 2.89. The van der Waals surface area contributed by atoms with E-state index in [9.17, 15) is 9.59 Å². The molecule has 0 aliphatic carbocycles. The zero-order valence-corrected chi connectivity index (χ0v) is 13.6. The number of carbonyl (C=O) groups excluding carboxylic acids is 2. The fourth-order valence-electron chi connectivity index (χ4n) is 2.58. The lowest BCUT2D eigenvalue weighted by molar-refractivity contribution is -0.128. The molecule has 1 aromatic carbocycles. The normalized spacial score (nSPS) is 16.1. The van der Waals surface area contributed by atoms with Crippen molar-refractivity contribution in [2.75, 3.05) is 9.80 Å². The number of amides is 2. The highest BCUT2D eigenvalue weighted by Crippen LogP contribution is 2.35. The smallest absolute Gasteiger partial charge is 0.253 e. The predicted octanol–water partition coefficient (Wildman–Crippen LogP) is 1.93. The Kier molecular flexibility index (Phi) is 5.36. The summed E-state index contributed by atoms with van der Waals surface area (Å²) in [4.78, 5) is 28.2. The third-order valence-corrected chi connectivity index (χ3v) is 3.44. The van der Waals surface area contributed by atoms with Crippen LogP contribution in [-0.2, 0) is 9.59 Å². The van der Waals surface area contributed by atoms with Crippen LogP contribution >= 0.6 is 12.4 Å². The number of fused-ring (bicyclic) bond motifs is 1. The number of nitrogens with zero attached hydrogens (tertiary/aromatic N) is 2. The van der Waals surface area contributed by atoms with Crippen molar-refractivity contribution < 1.29 is 9.59 Å². The van der Waals surface area contributed by atoms with Gasteiger partial charge >= 0.3 is 0 Å². The molecule has 0 fully saturated rings. The summed E-state index contributed by atoms with van der Waals surface area (Å²) in [7, 11) is 0. The van der Waals surface area contributed by atoms with E-state index < -0.39 is 6.04 Å². The van der Waals surface area contributed by atoms with Crippen LogP contribution in [0.3, 0.4) is 0 Å². The van der Waals surface area contributed by atoms with Crippen molar-refractivity contribution >= 4 is 35.6 Å². The first kappa shape index (κ1) is 17.5. The van der Waals surface area contributed by atoms with Gasteiger partial charge in [-0.3, -0.25) is 9.59 Å². The molecule has 2 rings (SSSR count). The SMILES string of the molecule is CC(C)N1C(=O)C(N)C(=O)N(C(C)C)c2ccccc21.Cl. The van der Waals surface area contributed by atoms with Crippen LogP contribution in [0.2, 0.25) is 0 Å². The van der Waals surface area contributed by atoms with E-state index >= 15 is 0 Å². The first-order valence-corrected chi connectivity index (χ1v) is 6.87. The maximum Gasteiger partial charge on any atom is 0.253 e. The highest BCUT2D eigenvalue weighted by molar-refractivity contribution is 6.20. The molecule has 0 unspecified atom stereocenters. The quantitative estimate of drug-likeness (QED) is 0.849. The lowest BCUT2D eigenvalue weighted by Gasteiger charge is -2.29. The molecule has 6 heteroatoms. The summed E-state index contributed by atoms with van der Waals surface area (Å²) in [5.41, 5.74) is 7.35. The average Bonchev–Trinajstić information content (AvgIpc) is 2.46. The van der Waals surface area contributed by atoms with Gasteiger partial charge in [-0.1, -0.05) is 12.1 Å². The summed E-state index contributed by atoms with van der Waals surface area (Å²) >= 11 is 0. The molecule has 116 valence electrons. The minimum atomic E-state index is -1.15. The van der Waals surface area contributed by atoms with E-state index in [1.807, 2.05) is 52.0 Å². The fraction of sp³-hybridized carbons (Fsp3) is 0.467. The van der Waals surface area contributed by atoms with Gasteiger partial charge in [-0.15, -0.1) is 12.4 Å². The van der Waals surface area contributed by atoms with Crippen LogP contribution < -0.4 is 15.5 Å². The molecule has 2 N–H and O–H groups in total. The maximum atomic E-state index is 12.5. The molecule has 1 aromatic rings. The number of anilines is 2. The van der Waals surface area contributed by atoms with E-state index in [0.717, 1.165) is 11.4 Å². The van der Waals surface area contributed by atoms with Gasteiger partial charge < -0.3 is 15.5 Å². The molecule has 0 spiro atoms. The summed E-state index contributed by atoms with van der Waals surface area (Å²) < 4.78 is 0. The number of hydrogen-bond donors (Lipinski definition) is 1. The molecular weight excluding hydrogens is 290 g/mol. The molecule has 0 radical (unpaired) electrons. The second kappa shape index (κ2) is 6.45. The van der Waals surface area contributed by atoms with Gasteiger partial charge in [-0.25, -0.2) is 0 Å². The first-order valence-electron chi connectivity index (χ1n) is 6.87. The average molecular weight is 312 g/mol. The van der Waals surface area contributed by atoms with Crippen LogP contribution in [-0.4, -0.2) is 29.9 Å². The summed E-state index contributed by atoms with van der Waals surface area (Å²) in [5.74, 6) is -0.693. The number of hydrogen-bond acceptors (Lipinski definition) is 3. The Bertz CT molecular complexity index is 498. The number of nitrogens with two attached hydrogens (primary N) is 1. The van der Waals surface area contributed by atoms with Crippen molar-refractivity contribution in [1.82, 2.24) is 0 Å². The van der Waals surface area contributed by atoms with Gasteiger partial charge in [0, 0.05) is 12.1 Å². The van der Waals surface area contributed by atoms with Crippen molar-refractivity contribution in [3.8, 4) is 0 Å². The van der Waals surface area contributed by atoms with Gasteiger partial charge in [0.2, 0.25) is 0 Å². The molecule has 21 heavy (non-hydrogen) atoms. The fourth-order valence-corrected chi connectivity index (χ4v) is 2.58. The zero-order valence-electron chi connectivity index (χ0n) is 12.7. The first-order chi connectivity index (χ1) is 9.36. The van der Waals surface area contributed by atoms with Gasteiger partial charge in [0.25, 0.3) is 11.8 Å². The zero-order chi connectivity index (χ0) is 15.0. The van der Waals surface area contributed by atoms with Crippen LogP contribution in [0, 0.1) is 0 Å². The second-order valence-electron chi connectivity index (χ2n) is 5.57. The van der Waals surface area contributed by atoms with E-state index in [-0.39, 0.29) is 36.3 Å². The molecule has 5 nitrogen and oxygen atoms in total. The standard InChI is InChI=1S/C15H21N3O2.ClH/c1-9(2)17-11-7-5-6-8-12(11)18(10(3)4)15(20)13(16)14(17)19;/h5-10,13H,16H2,1-4H3;1H. The van der Waals surface area contributed by atoms with Gasteiger partial charge in [-0.2, -0.15) is 0 Å². The van der Waals surface area contributed by atoms with Crippen molar-refractivity contribution in [1.29, 1.82) is 0 Å². The van der Waals surface area contributed by atoms with E-state index in [4.69, 9.17) is 5.73 Å². The number of rotatable bonds is 2. The number of para-hydroxylation sites is 2. The van der Waals surface area contributed by atoms with Crippen molar-refractivity contribution in [2.45, 2.75) is 45.8 Å². The second-order valence-corrected chi connectivity index (χ2v) is 5.57. The number of halogens is 1. The molecule has 0 saturated carbocycles. The van der Waals surface area contributed by atoms with Gasteiger partial charge in [-0.05, 0) is 39.8 Å². The Balaban J connectivity index is 0.00000220. The monoisotopic (exact) mass is 311 g/mol. The molecule has 0 bridgehead atoms. The van der Waals surface area contributed by atoms with Gasteiger partial charge in [0.1, 0.15) is 0 Å². The molecule has 1 aliphatic heterocycles. The highest BCUT2D eigenvalue weighted by Gasteiger charge is 2.39. The Morgan fingerprint density at radius 3 is 1.52 bits per heavy atom. The summed E-state index contributed by atoms with van der Waals surface area (Å²) in [6.07, 6.45) is 0. The largest absolute Gasteiger partial charge is 0.312 e. The molecule has 1 aliphatic rings. The maximum absolute atomic E-state index is 12.5. The number of benzene rings is 1. The molecule has 0 atom stereocenters. The van der Waals surface area contributed by atoms with E-state index in [1.165, 1.54) is 0 Å². The van der Waals surface area contributed by atoms with Gasteiger partial charge in [0.15, 0.2) is 6.04 Å². The minimum Gasteiger partial charge on any atom is -0.312 e. The van der Waals surface area contributed by atoms with Crippen molar-refractivity contribution in [3.63, 3.8) is 0 Å². The predicted molar refractivity (Wildman–Crippen MR) is 86.9 cm³/mol. The number of carbonyl (C=O) groups is 2. The van der Waals surface area contributed by atoms with Crippen LogP contribution in [0.15, 0.2) is 24.3 Å². The van der Waals surface area contributed by atoms with Crippen LogP contribution in [0.4, 0.5) is 11.4 Å². The highest BCUT2D eigenvalue weighted by atomic mass is 35.5. The summed E-state index contributed by atoms with van der Waals surface area (Å²) in [6, 6.07) is 6.17. The third-order valence-electron chi connectivity index (χ3n) is 3.44. The molecule has 2 amide bonds. The van der Waals surface area contributed by atoms with E-state index in [0.29, 0.717) is 0 Å². The Morgan fingerprint density at radius 2 is 1.24 bits per heavy atom. The van der Waals surface area contributed by atoms with Crippen LogP contribution in [0.5, 0.6) is 0 Å². The summed E-state index contributed by atoms with van der Waals surface area (Å²) in [5, 5.41) is 0. The molecule has 0 saturated heterocycles. The Hall–Kier alpha value is -1.59. The molecule has 0 aromatic heterocycles. The van der Waals surface area contributed by atoms with Crippen molar-refractivity contribution in [2.24, 2.45) is 5.73 Å². The molecule has 1 heterocycles. The van der Waals surface area contributed by atoms with Crippen LogP contribution in [0.1, 0.15) is 27.7 Å². The Labute approximate surface area is 131 Å². The summed E-state index contributed by atoms with van der Waals surface area (Å²) in [6.45, 7) is 7.65. The Morgan fingerprint density at radius 1 is 0.905 bits per heavy atom. The van der Waals surface area contributed by atoms with Gasteiger partial charge in [0.05, 0.1) is 11.4 Å². The minimum absolute atomic E-state index is 0. The van der Waals surface area contributed by atoms with E-state index in [2.05, 4.69) is 0 Å². The van der Waals surface area contributed by atoms with Crippen molar-refractivity contribution in [3.05, 3.63) is 24.3 Å². The molecular formula is C15H22ClN3O2. The lowest BCUT2D eigenvalue weighted by atomic mass is 10.2.